The molecule has 1 aromatic carbocycles. The summed E-state index contributed by atoms with van der Waals surface area (Å²) in [5, 5.41) is 17.8. The Hall–Kier alpha value is -2.49. The van der Waals surface area contributed by atoms with Gasteiger partial charge in [0.25, 0.3) is 5.91 Å². The van der Waals surface area contributed by atoms with Crippen LogP contribution in [0.1, 0.15) is 15.2 Å². The smallest absolute Gasteiger partial charge is 0.259 e. The SMILES string of the molecule is O=C(Nc1nnc(SCc2cccs2)s1)c1ccccc1-n1cccn1. The minimum absolute atomic E-state index is 0.234. The predicted octanol–water partition coefficient (Wildman–Crippen LogP) is 4.33. The van der Waals surface area contributed by atoms with E-state index in [1.165, 1.54) is 16.2 Å². The third-order valence-electron chi connectivity index (χ3n) is 3.44. The minimum Gasteiger partial charge on any atom is -0.296 e. The predicted molar refractivity (Wildman–Crippen MR) is 105 cm³/mol. The van der Waals surface area contributed by atoms with Crippen molar-refractivity contribution in [2.24, 2.45) is 0 Å². The number of nitrogens with one attached hydrogen (secondary N) is 1. The normalized spacial score (nSPS) is 10.8. The topological polar surface area (TPSA) is 72.7 Å². The van der Waals surface area contributed by atoms with Gasteiger partial charge in [0.05, 0.1) is 11.3 Å². The summed E-state index contributed by atoms with van der Waals surface area (Å²) in [5.41, 5.74) is 1.24. The number of thioether (sulfide) groups is 1. The number of carbonyl (C=O) groups is 1. The van der Waals surface area contributed by atoms with Crippen molar-refractivity contribution in [1.29, 1.82) is 0 Å². The first-order valence-electron chi connectivity index (χ1n) is 7.69. The molecule has 1 amide bonds. The Labute approximate surface area is 161 Å². The first-order valence-corrected chi connectivity index (χ1v) is 10.4. The molecule has 0 spiro atoms. The average molecular weight is 400 g/mol. The number of carbonyl (C=O) groups excluding carboxylic acids is 1. The molecular formula is C17H13N5OS3. The van der Waals surface area contributed by atoms with Gasteiger partial charge < -0.3 is 0 Å². The fourth-order valence-electron chi connectivity index (χ4n) is 2.29. The Balaban J connectivity index is 1.46. The number of nitrogens with zero attached hydrogens (tertiary/aromatic N) is 4. The van der Waals surface area contributed by atoms with Gasteiger partial charge in [-0.05, 0) is 29.6 Å². The van der Waals surface area contributed by atoms with Crippen molar-refractivity contribution in [3.63, 3.8) is 0 Å². The second-order valence-corrected chi connectivity index (χ2v) is 8.40. The molecule has 0 saturated heterocycles. The van der Waals surface area contributed by atoms with Crippen LogP contribution in [0.3, 0.4) is 0 Å². The molecule has 4 aromatic rings. The third kappa shape index (κ3) is 3.85. The lowest BCUT2D eigenvalue weighted by molar-refractivity contribution is 0.102. The third-order valence-corrected chi connectivity index (χ3v) is 6.52. The minimum atomic E-state index is -0.234. The fraction of sp³-hybridized carbons (Fsp3) is 0.0588. The molecule has 6 nitrogen and oxygen atoms in total. The van der Waals surface area contributed by atoms with Crippen LogP contribution < -0.4 is 5.32 Å². The van der Waals surface area contributed by atoms with E-state index < -0.39 is 0 Å². The second-order valence-electron chi connectivity index (χ2n) is 5.16. The van der Waals surface area contributed by atoms with E-state index in [9.17, 15) is 4.79 Å². The van der Waals surface area contributed by atoms with Gasteiger partial charge in [-0.15, -0.1) is 21.5 Å². The van der Waals surface area contributed by atoms with Crippen molar-refractivity contribution < 1.29 is 4.79 Å². The first-order chi connectivity index (χ1) is 12.8. The summed E-state index contributed by atoms with van der Waals surface area (Å²) in [7, 11) is 0. The molecule has 4 rings (SSSR count). The summed E-state index contributed by atoms with van der Waals surface area (Å²) in [6.45, 7) is 0. The molecule has 0 aliphatic rings. The zero-order chi connectivity index (χ0) is 17.8. The molecule has 1 N–H and O–H groups in total. The maximum absolute atomic E-state index is 12.7. The van der Waals surface area contributed by atoms with Crippen LogP contribution in [0.15, 0.2) is 64.6 Å². The maximum atomic E-state index is 12.7. The maximum Gasteiger partial charge on any atom is 0.259 e. The highest BCUT2D eigenvalue weighted by molar-refractivity contribution is 8.00. The van der Waals surface area contributed by atoms with Crippen LogP contribution >= 0.6 is 34.4 Å². The lowest BCUT2D eigenvalue weighted by Crippen LogP contribution is -2.15. The zero-order valence-corrected chi connectivity index (χ0v) is 15.9. The Morgan fingerprint density at radius 2 is 2.08 bits per heavy atom. The zero-order valence-electron chi connectivity index (χ0n) is 13.4. The van der Waals surface area contributed by atoms with Gasteiger partial charge in [0.1, 0.15) is 0 Å². The van der Waals surface area contributed by atoms with Crippen LogP contribution in [0.5, 0.6) is 0 Å². The molecule has 0 bridgehead atoms. The van der Waals surface area contributed by atoms with E-state index in [1.807, 2.05) is 30.3 Å². The average Bonchev–Trinajstić information content (AvgIpc) is 3.42. The molecule has 0 unspecified atom stereocenters. The quantitative estimate of drug-likeness (QED) is 0.386. The number of thiophene rings is 1. The van der Waals surface area contributed by atoms with Gasteiger partial charge in [0.2, 0.25) is 5.13 Å². The van der Waals surface area contributed by atoms with Crippen molar-refractivity contribution in [1.82, 2.24) is 20.0 Å². The van der Waals surface area contributed by atoms with Gasteiger partial charge in [-0.25, -0.2) is 4.68 Å². The van der Waals surface area contributed by atoms with Crippen LogP contribution in [0.2, 0.25) is 0 Å². The number of hydrogen-bond acceptors (Lipinski definition) is 7. The lowest BCUT2D eigenvalue weighted by atomic mass is 10.1. The van der Waals surface area contributed by atoms with Crippen molar-refractivity contribution in [3.05, 3.63) is 70.7 Å². The van der Waals surface area contributed by atoms with E-state index in [-0.39, 0.29) is 5.91 Å². The number of anilines is 1. The van der Waals surface area contributed by atoms with Crippen molar-refractivity contribution in [3.8, 4) is 5.69 Å². The van der Waals surface area contributed by atoms with Gasteiger partial charge in [0, 0.05) is 23.0 Å². The molecular weight excluding hydrogens is 386 g/mol. The molecule has 0 atom stereocenters. The molecule has 3 heterocycles. The van der Waals surface area contributed by atoms with Crippen LogP contribution in [-0.4, -0.2) is 25.9 Å². The molecule has 0 aliphatic heterocycles. The lowest BCUT2D eigenvalue weighted by Gasteiger charge is -2.08. The van der Waals surface area contributed by atoms with Crippen LogP contribution in [-0.2, 0) is 5.75 Å². The van der Waals surface area contributed by atoms with Crippen LogP contribution in [0.25, 0.3) is 5.69 Å². The van der Waals surface area contributed by atoms with Crippen molar-refractivity contribution >= 4 is 45.5 Å². The summed E-state index contributed by atoms with van der Waals surface area (Å²) >= 11 is 4.70. The highest BCUT2D eigenvalue weighted by Gasteiger charge is 2.15. The molecule has 0 radical (unpaired) electrons. The van der Waals surface area contributed by atoms with Gasteiger partial charge in [0.15, 0.2) is 4.34 Å². The van der Waals surface area contributed by atoms with E-state index in [1.54, 1.807) is 46.2 Å². The standard InChI is InChI=1S/C17H13N5OS3/c23-15(13-6-1-2-7-14(13)22-9-4-8-18-22)19-16-20-21-17(26-16)25-11-12-5-3-10-24-12/h1-10H,11H2,(H,19,20,23). The number of rotatable bonds is 6. The Kier molecular flexibility index (Phi) is 5.09. The molecule has 9 heteroatoms. The highest BCUT2D eigenvalue weighted by Crippen LogP contribution is 2.29. The number of aromatic nitrogens is 4. The summed E-state index contributed by atoms with van der Waals surface area (Å²) in [4.78, 5) is 13.9. The highest BCUT2D eigenvalue weighted by atomic mass is 32.2. The Morgan fingerprint density at radius 1 is 1.15 bits per heavy atom. The molecule has 0 saturated carbocycles. The Bertz CT molecular complexity index is 995. The molecule has 3 aromatic heterocycles. The van der Waals surface area contributed by atoms with E-state index in [0.29, 0.717) is 16.4 Å². The summed E-state index contributed by atoms with van der Waals surface area (Å²) < 4.78 is 2.49. The Morgan fingerprint density at radius 3 is 2.88 bits per heavy atom. The van der Waals surface area contributed by atoms with Gasteiger partial charge >= 0.3 is 0 Å². The summed E-state index contributed by atoms with van der Waals surface area (Å²) in [6, 6.07) is 13.3. The van der Waals surface area contributed by atoms with Crippen molar-refractivity contribution in [2.75, 3.05) is 5.32 Å². The van der Waals surface area contributed by atoms with E-state index in [4.69, 9.17) is 0 Å². The summed E-state index contributed by atoms with van der Waals surface area (Å²) in [5.74, 6) is 0.615. The van der Waals surface area contributed by atoms with E-state index in [2.05, 4.69) is 32.1 Å². The van der Waals surface area contributed by atoms with E-state index >= 15 is 0 Å². The summed E-state index contributed by atoms with van der Waals surface area (Å²) in [6.07, 6.45) is 3.48. The van der Waals surface area contributed by atoms with Crippen molar-refractivity contribution in [2.45, 2.75) is 10.1 Å². The molecule has 26 heavy (non-hydrogen) atoms. The number of benzene rings is 1. The van der Waals surface area contributed by atoms with Gasteiger partial charge in [-0.2, -0.15) is 5.10 Å². The monoisotopic (exact) mass is 399 g/mol. The molecule has 0 aliphatic carbocycles. The first kappa shape index (κ1) is 17.0. The van der Waals surface area contributed by atoms with Crippen LogP contribution in [0.4, 0.5) is 5.13 Å². The van der Waals surface area contributed by atoms with E-state index in [0.717, 1.165) is 10.1 Å². The van der Waals surface area contributed by atoms with Gasteiger partial charge in [-0.3, -0.25) is 10.1 Å². The van der Waals surface area contributed by atoms with Crippen LogP contribution in [0, 0.1) is 0 Å². The van der Waals surface area contributed by atoms with Gasteiger partial charge in [-0.1, -0.05) is 41.3 Å². The second kappa shape index (κ2) is 7.81. The molecule has 130 valence electrons. The number of para-hydroxylation sites is 1. The number of amides is 1. The fourth-order valence-corrected chi connectivity index (χ4v) is 4.81. The molecule has 0 fully saturated rings. The number of hydrogen-bond donors (Lipinski definition) is 1. The largest absolute Gasteiger partial charge is 0.296 e.